The fourth-order valence-electron chi connectivity index (χ4n) is 2.27. The molecular weight excluding hydrogens is 218 g/mol. The quantitative estimate of drug-likeness (QED) is 0.563. The Kier molecular flexibility index (Phi) is 2.79. The predicted molar refractivity (Wildman–Crippen MR) is 61.1 cm³/mol. The van der Waals surface area contributed by atoms with Crippen molar-refractivity contribution in [1.82, 2.24) is 4.90 Å². The second-order valence-corrected chi connectivity index (χ2v) is 4.22. The molecule has 2 unspecified atom stereocenters. The minimum Gasteiger partial charge on any atom is -0.331 e. The molecule has 0 N–H and O–H groups in total. The minimum absolute atomic E-state index is 0.262. The fourth-order valence-corrected chi connectivity index (χ4v) is 2.27. The average molecular weight is 231 g/mol. The van der Waals surface area contributed by atoms with Gasteiger partial charge in [-0.2, -0.15) is 0 Å². The highest BCUT2D eigenvalue weighted by Gasteiger charge is 2.48. The summed E-state index contributed by atoms with van der Waals surface area (Å²) < 4.78 is 0. The summed E-state index contributed by atoms with van der Waals surface area (Å²) in [5, 5.41) is 0. The van der Waals surface area contributed by atoms with E-state index in [9.17, 15) is 14.4 Å². The lowest BCUT2D eigenvalue weighted by atomic mass is 9.90. The van der Waals surface area contributed by atoms with Gasteiger partial charge in [-0.25, -0.2) is 0 Å². The molecule has 1 amide bonds. The van der Waals surface area contributed by atoms with Crippen molar-refractivity contribution in [2.45, 2.75) is 13.0 Å². The number of carbonyl (C=O) groups is 3. The van der Waals surface area contributed by atoms with Gasteiger partial charge in [0.15, 0.2) is 0 Å². The maximum Gasteiger partial charge on any atom is 0.291 e. The molecule has 0 bridgehead atoms. The first-order chi connectivity index (χ1) is 8.04. The maximum atomic E-state index is 11.7. The zero-order chi connectivity index (χ0) is 12.6. The van der Waals surface area contributed by atoms with Gasteiger partial charge in [-0.3, -0.25) is 14.4 Å². The normalized spacial score (nSPS) is 24.2. The second kappa shape index (κ2) is 4.13. The number of benzene rings is 1. The van der Waals surface area contributed by atoms with Gasteiger partial charge in [0.2, 0.25) is 5.78 Å². The summed E-state index contributed by atoms with van der Waals surface area (Å²) in [6, 6.07) is 8.69. The lowest BCUT2D eigenvalue weighted by Gasteiger charge is -2.22. The Morgan fingerprint density at radius 1 is 1.18 bits per heavy atom. The van der Waals surface area contributed by atoms with Crippen LogP contribution in [-0.2, 0) is 14.4 Å². The van der Waals surface area contributed by atoms with Gasteiger partial charge in [0.25, 0.3) is 5.91 Å². The van der Waals surface area contributed by atoms with Crippen LogP contribution in [0.2, 0.25) is 0 Å². The third kappa shape index (κ3) is 1.75. The topological polar surface area (TPSA) is 54.5 Å². The highest BCUT2D eigenvalue weighted by Crippen LogP contribution is 2.35. The number of amides is 1. The third-order valence-electron chi connectivity index (χ3n) is 3.13. The van der Waals surface area contributed by atoms with Gasteiger partial charge in [-0.05, 0) is 12.5 Å². The van der Waals surface area contributed by atoms with Crippen molar-refractivity contribution in [2.75, 3.05) is 7.05 Å². The van der Waals surface area contributed by atoms with E-state index < -0.39 is 23.7 Å². The van der Waals surface area contributed by atoms with E-state index in [0.717, 1.165) is 5.56 Å². The zero-order valence-electron chi connectivity index (χ0n) is 9.71. The Morgan fingerprint density at radius 3 is 2.29 bits per heavy atom. The molecule has 17 heavy (non-hydrogen) atoms. The first-order valence-electron chi connectivity index (χ1n) is 5.40. The van der Waals surface area contributed by atoms with E-state index in [0.29, 0.717) is 0 Å². The molecule has 0 saturated carbocycles. The standard InChI is InChI=1S/C13H13NO3/c1-8(15)10-11(9-6-4-3-5-7-9)14(2)13(17)12(10)16/h3-7,10-11H,1-2H3. The van der Waals surface area contributed by atoms with E-state index in [1.807, 2.05) is 30.3 Å². The Balaban J connectivity index is 2.47. The van der Waals surface area contributed by atoms with Crippen molar-refractivity contribution in [3.63, 3.8) is 0 Å². The van der Waals surface area contributed by atoms with Gasteiger partial charge in [0.1, 0.15) is 11.7 Å². The van der Waals surface area contributed by atoms with E-state index >= 15 is 0 Å². The SMILES string of the molecule is CC(=O)C1C(=O)C(=O)N(C)C1c1ccccc1. The Bertz CT molecular complexity index is 481. The molecule has 1 heterocycles. The summed E-state index contributed by atoms with van der Waals surface area (Å²) in [4.78, 5) is 36.2. The molecule has 1 aliphatic heterocycles. The van der Waals surface area contributed by atoms with Crippen LogP contribution in [0.5, 0.6) is 0 Å². The summed E-state index contributed by atoms with van der Waals surface area (Å²) in [7, 11) is 1.56. The van der Waals surface area contributed by atoms with Crippen LogP contribution < -0.4 is 0 Å². The van der Waals surface area contributed by atoms with Crippen molar-refractivity contribution >= 4 is 17.5 Å². The molecule has 0 aromatic heterocycles. The van der Waals surface area contributed by atoms with Crippen LogP contribution in [0.25, 0.3) is 0 Å². The van der Waals surface area contributed by atoms with Crippen LogP contribution in [0.15, 0.2) is 30.3 Å². The number of hydrogen-bond acceptors (Lipinski definition) is 3. The molecule has 0 aliphatic carbocycles. The number of hydrogen-bond donors (Lipinski definition) is 0. The molecule has 1 fully saturated rings. The average Bonchev–Trinajstić information content (AvgIpc) is 2.55. The number of ketones is 2. The molecule has 0 radical (unpaired) electrons. The van der Waals surface area contributed by atoms with Crippen molar-refractivity contribution < 1.29 is 14.4 Å². The van der Waals surface area contributed by atoms with Crippen LogP contribution >= 0.6 is 0 Å². The maximum absolute atomic E-state index is 11.7. The van der Waals surface area contributed by atoms with Crippen LogP contribution in [0.1, 0.15) is 18.5 Å². The number of likely N-dealkylation sites (tertiary alicyclic amines) is 1. The molecule has 1 aromatic carbocycles. The first kappa shape index (κ1) is 11.5. The summed E-state index contributed by atoms with van der Waals surface area (Å²) in [5.41, 5.74) is 0.814. The number of carbonyl (C=O) groups excluding carboxylic acids is 3. The lowest BCUT2D eigenvalue weighted by Crippen LogP contribution is -2.26. The molecule has 0 spiro atoms. The van der Waals surface area contributed by atoms with Gasteiger partial charge < -0.3 is 4.90 Å². The molecule has 4 nitrogen and oxygen atoms in total. The number of rotatable bonds is 2. The van der Waals surface area contributed by atoms with Gasteiger partial charge in [0.05, 0.1) is 6.04 Å². The Hall–Kier alpha value is -1.97. The van der Waals surface area contributed by atoms with Crippen molar-refractivity contribution in [3.8, 4) is 0 Å². The van der Waals surface area contributed by atoms with E-state index in [1.54, 1.807) is 7.05 Å². The molecular formula is C13H13NO3. The number of nitrogens with zero attached hydrogens (tertiary/aromatic N) is 1. The van der Waals surface area contributed by atoms with E-state index in [4.69, 9.17) is 0 Å². The molecule has 1 saturated heterocycles. The highest BCUT2D eigenvalue weighted by atomic mass is 16.2. The minimum atomic E-state index is -0.866. The zero-order valence-corrected chi connectivity index (χ0v) is 9.71. The van der Waals surface area contributed by atoms with Crippen molar-refractivity contribution in [3.05, 3.63) is 35.9 Å². The van der Waals surface area contributed by atoms with E-state index in [2.05, 4.69) is 0 Å². The van der Waals surface area contributed by atoms with Crippen LogP contribution in [0.3, 0.4) is 0 Å². The summed E-state index contributed by atoms with van der Waals surface area (Å²) in [5.74, 6) is -2.32. The van der Waals surface area contributed by atoms with Gasteiger partial charge in [0, 0.05) is 7.05 Å². The van der Waals surface area contributed by atoms with Crippen molar-refractivity contribution in [1.29, 1.82) is 0 Å². The summed E-state index contributed by atoms with van der Waals surface area (Å²) >= 11 is 0. The summed E-state index contributed by atoms with van der Waals surface area (Å²) in [6.45, 7) is 1.35. The molecule has 2 rings (SSSR count). The van der Waals surface area contributed by atoms with Gasteiger partial charge in [-0.1, -0.05) is 30.3 Å². The van der Waals surface area contributed by atoms with Crippen LogP contribution in [0, 0.1) is 5.92 Å². The lowest BCUT2D eigenvalue weighted by molar-refractivity contribution is -0.141. The molecule has 88 valence electrons. The smallest absolute Gasteiger partial charge is 0.291 e. The molecule has 2 atom stereocenters. The predicted octanol–water partition coefficient (Wildman–Crippen LogP) is 0.974. The van der Waals surface area contributed by atoms with Gasteiger partial charge in [-0.15, -0.1) is 0 Å². The van der Waals surface area contributed by atoms with Gasteiger partial charge >= 0.3 is 0 Å². The van der Waals surface area contributed by atoms with Crippen LogP contribution in [-0.4, -0.2) is 29.4 Å². The first-order valence-corrected chi connectivity index (χ1v) is 5.40. The Morgan fingerprint density at radius 2 is 1.76 bits per heavy atom. The summed E-state index contributed by atoms with van der Waals surface area (Å²) in [6.07, 6.45) is 0. The Labute approximate surface area is 99.2 Å². The largest absolute Gasteiger partial charge is 0.331 e. The second-order valence-electron chi connectivity index (χ2n) is 4.22. The third-order valence-corrected chi connectivity index (χ3v) is 3.13. The highest BCUT2D eigenvalue weighted by molar-refractivity contribution is 6.42. The monoisotopic (exact) mass is 231 g/mol. The van der Waals surface area contributed by atoms with E-state index in [1.165, 1.54) is 11.8 Å². The molecule has 1 aliphatic rings. The van der Waals surface area contributed by atoms with Crippen LogP contribution in [0.4, 0.5) is 0 Å². The molecule has 1 aromatic rings. The number of Topliss-reactive ketones (excluding diaryl/α,β-unsaturated/α-hetero) is 2. The van der Waals surface area contributed by atoms with E-state index in [-0.39, 0.29) is 5.78 Å². The number of likely N-dealkylation sites (N-methyl/N-ethyl adjacent to an activating group) is 1. The molecule has 4 heteroatoms. The fraction of sp³-hybridized carbons (Fsp3) is 0.308. The van der Waals surface area contributed by atoms with Crippen molar-refractivity contribution in [2.24, 2.45) is 5.92 Å².